The Balaban J connectivity index is 1.64. The molecule has 1 aliphatic heterocycles. The van der Waals surface area contributed by atoms with Gasteiger partial charge in [0.05, 0.1) is 13.0 Å². The predicted molar refractivity (Wildman–Crippen MR) is 101 cm³/mol. The van der Waals surface area contributed by atoms with Crippen molar-refractivity contribution in [2.45, 2.75) is 51.6 Å². The third-order valence-corrected chi connectivity index (χ3v) is 4.72. The van der Waals surface area contributed by atoms with Crippen molar-refractivity contribution in [1.82, 2.24) is 0 Å². The number of benzene rings is 2. The van der Waals surface area contributed by atoms with Crippen molar-refractivity contribution in [3.05, 3.63) is 53.6 Å². The van der Waals surface area contributed by atoms with E-state index in [1.54, 1.807) is 6.07 Å². The summed E-state index contributed by atoms with van der Waals surface area (Å²) in [6.45, 7) is 6.54. The molecule has 0 aliphatic carbocycles. The summed E-state index contributed by atoms with van der Waals surface area (Å²) in [6, 6.07) is 13.4. The molecule has 0 saturated heterocycles. The highest BCUT2D eigenvalue weighted by molar-refractivity contribution is 6.02. The van der Waals surface area contributed by atoms with Gasteiger partial charge in [-0.1, -0.05) is 25.1 Å². The topological polar surface area (TPSA) is 55.8 Å². The molecule has 2 aromatic rings. The quantitative estimate of drug-likeness (QED) is 0.733. The molecule has 1 heterocycles. The molecule has 0 fully saturated rings. The molecular weight excluding hydrogens is 328 g/mol. The van der Waals surface area contributed by atoms with Gasteiger partial charge in [0.1, 0.15) is 28.4 Å². The van der Waals surface area contributed by atoms with Gasteiger partial charge < -0.3 is 14.6 Å². The summed E-state index contributed by atoms with van der Waals surface area (Å²) >= 11 is 0. The fourth-order valence-electron chi connectivity index (χ4n) is 3.34. The third kappa shape index (κ3) is 4.18. The third-order valence-electron chi connectivity index (χ3n) is 4.72. The van der Waals surface area contributed by atoms with Crippen LogP contribution in [-0.4, -0.2) is 23.1 Å². The first-order valence-electron chi connectivity index (χ1n) is 9.13. The lowest BCUT2D eigenvalue weighted by Gasteiger charge is -2.32. The minimum Gasteiger partial charge on any atom is -0.507 e. The molecule has 0 spiro atoms. The Bertz CT molecular complexity index is 780. The van der Waals surface area contributed by atoms with Crippen LogP contribution in [0.1, 0.15) is 61.9 Å². The van der Waals surface area contributed by atoms with Crippen molar-refractivity contribution in [2.75, 3.05) is 6.61 Å². The number of ketones is 1. The van der Waals surface area contributed by atoms with E-state index >= 15 is 0 Å². The maximum absolute atomic E-state index is 12.3. The standard InChI is InChI=1S/C22H26O4/c1-15(8-7-11-25-17-9-5-4-6-10-17)16-12-18(23)21-19(24)14-22(2,3)26-20(21)13-16/h4-6,9-10,12-13,15,23H,7-8,11,14H2,1-3H3. The van der Waals surface area contributed by atoms with Gasteiger partial charge in [0.15, 0.2) is 5.78 Å². The molecule has 1 atom stereocenters. The summed E-state index contributed by atoms with van der Waals surface area (Å²) in [7, 11) is 0. The first-order valence-corrected chi connectivity index (χ1v) is 9.13. The molecule has 0 saturated carbocycles. The minimum absolute atomic E-state index is 0.0189. The van der Waals surface area contributed by atoms with Gasteiger partial charge in [-0.3, -0.25) is 4.79 Å². The van der Waals surface area contributed by atoms with Crippen LogP contribution in [0.2, 0.25) is 0 Å². The monoisotopic (exact) mass is 354 g/mol. The molecule has 138 valence electrons. The molecule has 2 aromatic carbocycles. The Morgan fingerprint density at radius 1 is 1.23 bits per heavy atom. The summed E-state index contributed by atoms with van der Waals surface area (Å²) in [5.74, 6) is 1.55. The average Bonchev–Trinajstić information content (AvgIpc) is 2.57. The highest BCUT2D eigenvalue weighted by Gasteiger charge is 2.34. The molecule has 4 nitrogen and oxygen atoms in total. The predicted octanol–water partition coefficient (Wildman–Crippen LogP) is 5.10. The zero-order chi connectivity index (χ0) is 18.7. The fraction of sp³-hybridized carbons (Fsp3) is 0.409. The van der Waals surface area contributed by atoms with Crippen molar-refractivity contribution in [1.29, 1.82) is 0 Å². The maximum Gasteiger partial charge on any atom is 0.174 e. The largest absolute Gasteiger partial charge is 0.507 e. The van der Waals surface area contributed by atoms with Gasteiger partial charge in [-0.2, -0.15) is 0 Å². The number of para-hydroxylation sites is 1. The van der Waals surface area contributed by atoms with Crippen LogP contribution in [0.15, 0.2) is 42.5 Å². The van der Waals surface area contributed by atoms with Crippen molar-refractivity contribution in [3.8, 4) is 17.2 Å². The van der Waals surface area contributed by atoms with E-state index in [0.29, 0.717) is 17.9 Å². The molecule has 1 unspecified atom stereocenters. The number of carbonyl (C=O) groups excluding carboxylic acids is 1. The van der Waals surface area contributed by atoms with Gasteiger partial charge >= 0.3 is 0 Å². The van der Waals surface area contributed by atoms with E-state index in [9.17, 15) is 9.90 Å². The Hall–Kier alpha value is -2.49. The van der Waals surface area contributed by atoms with Gasteiger partial charge in [-0.15, -0.1) is 0 Å². The molecule has 4 heteroatoms. The Morgan fingerprint density at radius 3 is 2.69 bits per heavy atom. The fourth-order valence-corrected chi connectivity index (χ4v) is 3.34. The molecular formula is C22H26O4. The van der Waals surface area contributed by atoms with Gasteiger partial charge in [0, 0.05) is 0 Å². The van der Waals surface area contributed by atoms with Gasteiger partial charge in [0.2, 0.25) is 0 Å². The van der Waals surface area contributed by atoms with E-state index < -0.39 is 5.60 Å². The number of ether oxygens (including phenoxy) is 2. The lowest BCUT2D eigenvalue weighted by atomic mass is 9.89. The molecule has 1 aliphatic rings. The number of fused-ring (bicyclic) bond motifs is 1. The zero-order valence-corrected chi connectivity index (χ0v) is 15.6. The molecule has 0 amide bonds. The van der Waals surface area contributed by atoms with Crippen LogP contribution in [0.25, 0.3) is 0 Å². The Labute approximate surface area is 154 Å². The van der Waals surface area contributed by atoms with E-state index in [1.165, 1.54) is 0 Å². The number of phenolic OH excluding ortho intramolecular Hbond substituents is 1. The van der Waals surface area contributed by atoms with Crippen LogP contribution in [0.4, 0.5) is 0 Å². The van der Waals surface area contributed by atoms with Crippen LogP contribution in [0, 0.1) is 0 Å². The summed E-state index contributed by atoms with van der Waals surface area (Å²) in [5.41, 5.74) is 0.751. The molecule has 0 aromatic heterocycles. The van der Waals surface area contributed by atoms with E-state index in [0.717, 1.165) is 24.2 Å². The van der Waals surface area contributed by atoms with Crippen LogP contribution in [0.3, 0.4) is 0 Å². The Morgan fingerprint density at radius 2 is 1.96 bits per heavy atom. The second-order valence-corrected chi connectivity index (χ2v) is 7.58. The van der Waals surface area contributed by atoms with Crippen LogP contribution >= 0.6 is 0 Å². The van der Waals surface area contributed by atoms with Crippen molar-refractivity contribution < 1.29 is 19.4 Å². The lowest BCUT2D eigenvalue weighted by molar-refractivity contribution is 0.0613. The smallest absolute Gasteiger partial charge is 0.174 e. The molecule has 26 heavy (non-hydrogen) atoms. The van der Waals surface area contributed by atoms with E-state index in [-0.39, 0.29) is 23.9 Å². The number of aromatic hydroxyl groups is 1. The summed E-state index contributed by atoms with van der Waals surface area (Å²) < 4.78 is 11.7. The van der Waals surface area contributed by atoms with Crippen molar-refractivity contribution in [2.24, 2.45) is 0 Å². The molecule has 1 N–H and O–H groups in total. The molecule has 3 rings (SSSR count). The van der Waals surface area contributed by atoms with Crippen LogP contribution in [-0.2, 0) is 0 Å². The summed E-state index contributed by atoms with van der Waals surface area (Å²) in [5, 5.41) is 10.3. The average molecular weight is 354 g/mol. The normalized spacial score (nSPS) is 16.5. The number of carbonyl (C=O) groups is 1. The molecule has 0 bridgehead atoms. The SMILES string of the molecule is CC(CCCOc1ccccc1)c1cc(O)c2c(c1)OC(C)(C)CC2=O. The number of hydrogen-bond acceptors (Lipinski definition) is 4. The first-order chi connectivity index (χ1) is 12.4. The van der Waals surface area contributed by atoms with Crippen LogP contribution in [0.5, 0.6) is 17.2 Å². The highest BCUT2D eigenvalue weighted by atomic mass is 16.5. The maximum atomic E-state index is 12.3. The van der Waals surface area contributed by atoms with E-state index in [4.69, 9.17) is 9.47 Å². The van der Waals surface area contributed by atoms with E-state index in [2.05, 4.69) is 6.92 Å². The van der Waals surface area contributed by atoms with Crippen molar-refractivity contribution in [3.63, 3.8) is 0 Å². The molecule has 0 radical (unpaired) electrons. The van der Waals surface area contributed by atoms with Gasteiger partial charge in [0.25, 0.3) is 0 Å². The highest BCUT2D eigenvalue weighted by Crippen LogP contribution is 2.40. The van der Waals surface area contributed by atoms with E-state index in [1.807, 2.05) is 50.2 Å². The summed E-state index contributed by atoms with van der Waals surface area (Å²) in [4.78, 5) is 12.3. The first kappa shape index (κ1) is 18.3. The summed E-state index contributed by atoms with van der Waals surface area (Å²) in [6.07, 6.45) is 2.10. The number of hydrogen-bond donors (Lipinski definition) is 1. The second-order valence-electron chi connectivity index (χ2n) is 7.58. The number of rotatable bonds is 6. The lowest BCUT2D eigenvalue weighted by Crippen LogP contribution is -2.36. The van der Waals surface area contributed by atoms with Crippen LogP contribution < -0.4 is 9.47 Å². The van der Waals surface area contributed by atoms with Gasteiger partial charge in [-0.05, 0) is 62.4 Å². The van der Waals surface area contributed by atoms with Gasteiger partial charge in [-0.25, -0.2) is 0 Å². The second kappa shape index (κ2) is 7.40. The number of phenols is 1. The number of Topliss-reactive ketones (excluding diaryl/α,β-unsaturated/α-hetero) is 1. The Kier molecular flexibility index (Phi) is 5.21. The zero-order valence-electron chi connectivity index (χ0n) is 15.6. The van der Waals surface area contributed by atoms with Crippen molar-refractivity contribution >= 4 is 5.78 Å². The minimum atomic E-state index is -0.540.